The number of aliphatic carboxylic acids is 1. The van der Waals surface area contributed by atoms with Crippen molar-refractivity contribution >= 4 is 28.9 Å². The first-order chi connectivity index (χ1) is 18.5. The van der Waals surface area contributed by atoms with Crippen molar-refractivity contribution in [1.29, 1.82) is 5.26 Å². The Morgan fingerprint density at radius 1 is 1.21 bits per heavy atom. The van der Waals surface area contributed by atoms with Gasteiger partial charge >= 0.3 is 12.1 Å². The van der Waals surface area contributed by atoms with Crippen LogP contribution in [0.1, 0.15) is 28.5 Å². The molecule has 0 unspecified atom stereocenters. The van der Waals surface area contributed by atoms with Gasteiger partial charge in [-0.3, -0.25) is 18.7 Å². The second-order valence-corrected chi connectivity index (χ2v) is 8.25. The first kappa shape index (κ1) is 28.7. The van der Waals surface area contributed by atoms with Gasteiger partial charge in [0.2, 0.25) is 5.95 Å². The molecule has 39 heavy (non-hydrogen) atoms. The number of amides is 1. The van der Waals surface area contributed by atoms with Crippen LogP contribution in [-0.4, -0.2) is 63.5 Å². The molecule has 0 saturated carbocycles. The summed E-state index contributed by atoms with van der Waals surface area (Å²) in [6.07, 6.45) is -5.08. The minimum absolute atomic E-state index is 0.0460. The number of benzene rings is 1. The van der Waals surface area contributed by atoms with Gasteiger partial charge in [-0.2, -0.15) is 18.4 Å². The molecule has 0 aliphatic carbocycles. The van der Waals surface area contributed by atoms with Gasteiger partial charge < -0.3 is 21.1 Å². The van der Waals surface area contributed by atoms with E-state index in [0.29, 0.717) is 34.7 Å². The quantitative estimate of drug-likeness (QED) is 0.406. The molecule has 204 valence electrons. The minimum Gasteiger partial charge on any atom is -0.475 e. The third-order valence-electron chi connectivity index (χ3n) is 5.76. The summed E-state index contributed by atoms with van der Waals surface area (Å²) >= 11 is 0. The van der Waals surface area contributed by atoms with Crippen molar-refractivity contribution in [2.75, 3.05) is 31.1 Å². The fourth-order valence-corrected chi connectivity index (χ4v) is 3.94. The number of nitrogens with one attached hydrogen (secondary N) is 1. The number of carboxylic acid groups (broad SMARTS) is 1. The average Bonchev–Trinajstić information content (AvgIpc) is 3.28. The number of hydrogen-bond acceptors (Lipinski definition) is 7. The molecule has 0 spiro atoms. The van der Waals surface area contributed by atoms with Crippen LogP contribution in [0, 0.1) is 23.2 Å². The number of aromatic nitrogens is 3. The molecule has 1 fully saturated rings. The van der Waals surface area contributed by atoms with Gasteiger partial charge in [-0.25, -0.2) is 9.78 Å². The third-order valence-corrected chi connectivity index (χ3v) is 5.76. The number of carboxylic acids is 1. The number of nitrogens with two attached hydrogens (primary N) is 1. The number of nitriles is 1. The molecule has 4 rings (SSSR count). The minimum atomic E-state index is -5.08. The number of piperazine rings is 1. The van der Waals surface area contributed by atoms with Crippen molar-refractivity contribution in [3.63, 3.8) is 0 Å². The van der Waals surface area contributed by atoms with Crippen molar-refractivity contribution in [3.8, 4) is 17.9 Å². The third kappa shape index (κ3) is 6.55. The molecule has 4 N–H and O–H groups in total. The normalized spacial score (nSPS) is 13.1. The number of primary amides is 1. The molecule has 1 aliphatic rings. The highest BCUT2D eigenvalue weighted by molar-refractivity contribution is 5.94. The van der Waals surface area contributed by atoms with E-state index in [1.54, 1.807) is 41.8 Å². The van der Waals surface area contributed by atoms with Gasteiger partial charge in [-0.05, 0) is 24.6 Å². The predicted molar refractivity (Wildman–Crippen MR) is 135 cm³/mol. The zero-order valence-corrected chi connectivity index (χ0v) is 20.7. The van der Waals surface area contributed by atoms with Gasteiger partial charge in [0.25, 0.3) is 11.5 Å². The van der Waals surface area contributed by atoms with Crippen LogP contribution in [0.3, 0.4) is 0 Å². The molecule has 11 nitrogen and oxygen atoms in total. The lowest BCUT2D eigenvalue weighted by Crippen LogP contribution is -2.44. The number of rotatable bonds is 5. The number of anilines is 1. The van der Waals surface area contributed by atoms with Gasteiger partial charge in [-0.1, -0.05) is 24.1 Å². The van der Waals surface area contributed by atoms with Crippen LogP contribution < -0.4 is 21.5 Å². The monoisotopic (exact) mass is 543 g/mol. The number of hydrogen-bond donors (Lipinski definition) is 3. The van der Waals surface area contributed by atoms with Crippen molar-refractivity contribution < 1.29 is 27.9 Å². The Morgan fingerprint density at radius 3 is 2.41 bits per heavy atom. The van der Waals surface area contributed by atoms with Crippen LogP contribution in [0.2, 0.25) is 0 Å². The average molecular weight is 544 g/mol. The standard InChI is InChI=1S/C23H23N7O2.C2HF3O2/c1-2-3-10-29-20-18(27-23(29)28-11-8-26-9-12-28)13-19(21(25)31)30(22(20)32)15-17-7-5-4-6-16(17)14-24;3-2(4,5)1(6)7/h4-7,13,26H,8-12,15H2,1H3,(H2,25,31);(H,6,7). The van der Waals surface area contributed by atoms with E-state index in [0.717, 1.165) is 26.2 Å². The highest BCUT2D eigenvalue weighted by atomic mass is 19.4. The zero-order chi connectivity index (χ0) is 28.7. The van der Waals surface area contributed by atoms with E-state index in [1.807, 2.05) is 0 Å². The first-order valence-electron chi connectivity index (χ1n) is 11.6. The van der Waals surface area contributed by atoms with Crippen molar-refractivity contribution in [3.05, 3.63) is 57.5 Å². The number of carbonyl (C=O) groups excluding carboxylic acids is 1. The lowest BCUT2D eigenvalue weighted by molar-refractivity contribution is -0.192. The van der Waals surface area contributed by atoms with E-state index in [2.05, 4.69) is 28.1 Å². The molecule has 1 aromatic carbocycles. The molecule has 2 aromatic heterocycles. The molecular weight excluding hydrogens is 519 g/mol. The fraction of sp³-hybridized carbons (Fsp3) is 0.320. The van der Waals surface area contributed by atoms with E-state index in [4.69, 9.17) is 20.6 Å². The Morgan fingerprint density at radius 2 is 1.85 bits per heavy atom. The molecule has 3 heterocycles. The Kier molecular flexibility index (Phi) is 8.96. The zero-order valence-electron chi connectivity index (χ0n) is 20.7. The summed E-state index contributed by atoms with van der Waals surface area (Å²) in [4.78, 5) is 41.6. The largest absolute Gasteiger partial charge is 0.490 e. The predicted octanol–water partition coefficient (Wildman–Crippen LogP) is 1.28. The summed E-state index contributed by atoms with van der Waals surface area (Å²) in [6.45, 7) is 5.20. The van der Waals surface area contributed by atoms with E-state index in [1.165, 1.54) is 4.57 Å². The maximum absolute atomic E-state index is 13.7. The number of pyridine rings is 1. The van der Waals surface area contributed by atoms with E-state index in [9.17, 15) is 28.0 Å². The number of imidazole rings is 1. The Labute approximate surface area is 220 Å². The van der Waals surface area contributed by atoms with E-state index in [-0.39, 0.29) is 12.2 Å². The van der Waals surface area contributed by atoms with Crippen molar-refractivity contribution in [2.24, 2.45) is 5.73 Å². The number of carbonyl (C=O) groups is 2. The lowest BCUT2D eigenvalue weighted by atomic mass is 10.1. The van der Waals surface area contributed by atoms with Crippen LogP contribution in [0.5, 0.6) is 0 Å². The molecule has 14 heteroatoms. The van der Waals surface area contributed by atoms with Gasteiger partial charge in [0.15, 0.2) is 0 Å². The molecule has 1 aliphatic heterocycles. The highest BCUT2D eigenvalue weighted by Crippen LogP contribution is 2.22. The number of halogens is 3. The van der Waals surface area contributed by atoms with Gasteiger partial charge in [0, 0.05) is 26.2 Å². The van der Waals surface area contributed by atoms with Crippen LogP contribution >= 0.6 is 0 Å². The Hall–Kier alpha value is -4.82. The van der Waals surface area contributed by atoms with Crippen LogP contribution in [0.4, 0.5) is 19.1 Å². The number of nitrogens with zero attached hydrogens (tertiary/aromatic N) is 5. The maximum atomic E-state index is 13.7. The number of alkyl halides is 3. The second kappa shape index (κ2) is 12.1. The number of fused-ring (bicyclic) bond motifs is 1. The van der Waals surface area contributed by atoms with Crippen LogP contribution in [0.25, 0.3) is 11.0 Å². The smallest absolute Gasteiger partial charge is 0.475 e. The summed E-state index contributed by atoms with van der Waals surface area (Å²) < 4.78 is 34.9. The van der Waals surface area contributed by atoms with Crippen LogP contribution in [-0.2, 0) is 17.9 Å². The van der Waals surface area contributed by atoms with Gasteiger partial charge in [-0.15, -0.1) is 5.92 Å². The van der Waals surface area contributed by atoms with E-state index < -0.39 is 23.6 Å². The second-order valence-electron chi connectivity index (χ2n) is 8.25. The Balaban J connectivity index is 0.000000532. The molecule has 3 aromatic rings. The molecule has 1 saturated heterocycles. The SMILES string of the molecule is CC#CCn1c(N2CCNCC2)nc2cc(C(N)=O)n(Cc3ccccc3C#N)c(=O)c21.O=C(O)C(F)(F)F. The Bertz CT molecular complexity index is 1550. The first-order valence-corrected chi connectivity index (χ1v) is 11.6. The molecule has 1 amide bonds. The van der Waals surface area contributed by atoms with Gasteiger partial charge in [0.1, 0.15) is 11.2 Å². The van der Waals surface area contributed by atoms with Crippen LogP contribution in [0.15, 0.2) is 35.1 Å². The summed E-state index contributed by atoms with van der Waals surface area (Å²) in [5.74, 6) is 3.05. The lowest BCUT2D eigenvalue weighted by Gasteiger charge is -2.28. The fourth-order valence-electron chi connectivity index (χ4n) is 3.94. The molecule has 0 radical (unpaired) electrons. The summed E-state index contributed by atoms with van der Waals surface area (Å²) in [5.41, 5.74) is 7.11. The summed E-state index contributed by atoms with van der Waals surface area (Å²) in [5, 5.41) is 19.9. The molecular formula is C25H24F3N7O4. The highest BCUT2D eigenvalue weighted by Gasteiger charge is 2.38. The van der Waals surface area contributed by atoms with Crippen molar-refractivity contribution in [1.82, 2.24) is 19.4 Å². The van der Waals surface area contributed by atoms with E-state index >= 15 is 0 Å². The summed E-state index contributed by atoms with van der Waals surface area (Å²) in [7, 11) is 0. The maximum Gasteiger partial charge on any atom is 0.490 e. The molecule has 0 atom stereocenters. The van der Waals surface area contributed by atoms with Gasteiger partial charge in [0.05, 0.1) is 30.2 Å². The summed E-state index contributed by atoms with van der Waals surface area (Å²) in [6, 6.07) is 10.6. The van der Waals surface area contributed by atoms with Crippen molar-refractivity contribution in [2.45, 2.75) is 26.2 Å². The topological polar surface area (TPSA) is 159 Å². The molecule has 0 bridgehead atoms.